The maximum absolute atomic E-state index is 14.2. The number of rotatable bonds is 9. The summed E-state index contributed by atoms with van der Waals surface area (Å²) in [6.45, 7) is 3.28. The van der Waals surface area contributed by atoms with Crippen LogP contribution in [0.1, 0.15) is 91.4 Å². The van der Waals surface area contributed by atoms with Crippen LogP contribution in [-0.4, -0.2) is 98.0 Å². The summed E-state index contributed by atoms with van der Waals surface area (Å²) in [6.07, 6.45) is 4.26. The van der Waals surface area contributed by atoms with E-state index >= 15 is 0 Å². The zero-order chi connectivity index (χ0) is 39.8. The molecule has 1 aliphatic carbocycles. The van der Waals surface area contributed by atoms with Crippen LogP contribution in [0.4, 0.5) is 34.8 Å². The summed E-state index contributed by atoms with van der Waals surface area (Å²) < 4.78 is 59.7. The number of piperidine rings is 3. The summed E-state index contributed by atoms with van der Waals surface area (Å²) >= 11 is 0. The molecule has 6 heterocycles. The number of halogens is 4. The van der Waals surface area contributed by atoms with Crippen molar-refractivity contribution in [3.8, 4) is 0 Å². The number of amides is 3. The molecule has 1 unspecified atom stereocenters. The van der Waals surface area contributed by atoms with Gasteiger partial charge in [-0.3, -0.25) is 24.4 Å². The molecule has 4 fully saturated rings. The van der Waals surface area contributed by atoms with Crippen LogP contribution in [-0.2, 0) is 15.8 Å². The summed E-state index contributed by atoms with van der Waals surface area (Å²) in [6, 6.07) is 9.21. The molecule has 5 N–H and O–H groups in total. The number of anilines is 3. The first-order valence-corrected chi connectivity index (χ1v) is 19.8. The molecule has 1 saturated carbocycles. The van der Waals surface area contributed by atoms with E-state index in [0.717, 1.165) is 56.6 Å². The summed E-state index contributed by atoms with van der Waals surface area (Å²) in [4.78, 5) is 45.8. The quantitative estimate of drug-likeness (QED) is 0.135. The number of aromatic nitrogens is 5. The number of nitrogens with one attached hydrogen (secondary N) is 3. The van der Waals surface area contributed by atoms with Gasteiger partial charge in [0.2, 0.25) is 11.8 Å². The second kappa shape index (κ2) is 16.0. The number of carbonyl (C=O) groups is 3. The van der Waals surface area contributed by atoms with Gasteiger partial charge in [0.15, 0.2) is 11.3 Å². The Kier molecular flexibility index (Phi) is 10.9. The van der Waals surface area contributed by atoms with Gasteiger partial charge in [-0.05, 0) is 81.0 Å². The van der Waals surface area contributed by atoms with E-state index in [1.165, 1.54) is 21.6 Å². The van der Waals surface area contributed by atoms with Crippen molar-refractivity contribution in [2.24, 2.45) is 11.7 Å². The molecule has 3 saturated heterocycles. The molecule has 0 bridgehead atoms. The van der Waals surface area contributed by atoms with Gasteiger partial charge < -0.3 is 26.2 Å². The van der Waals surface area contributed by atoms with Crippen LogP contribution in [0, 0.1) is 5.92 Å². The largest absolute Gasteiger partial charge is 0.437 e. The number of hydrogen-bond acceptors (Lipinski definition) is 10. The van der Waals surface area contributed by atoms with E-state index in [4.69, 9.17) is 5.73 Å². The Balaban J connectivity index is 0.835. The number of nitrogens with two attached hydrogens (primary N) is 1. The SMILES string of the molecule is N[C@@H]1C[C@@H](F)CN(c2ccn3ncc(C(=O)Nc4cn(C5CCC(CN6CCC(Nc7ccc(C8CCC(=O)NC8=O)cc7)CC6)CC5)nc4C(F)(F)F)c3n2)C1. The number of hydrogen-bond donors (Lipinski definition) is 4. The molecule has 1 aromatic carbocycles. The van der Waals surface area contributed by atoms with Crippen LogP contribution in [0.3, 0.4) is 0 Å². The average Bonchev–Trinajstić information content (AvgIpc) is 3.81. The average molecular weight is 794 g/mol. The van der Waals surface area contributed by atoms with E-state index in [-0.39, 0.29) is 54.0 Å². The number of alkyl halides is 4. The van der Waals surface area contributed by atoms with Gasteiger partial charge in [-0.2, -0.15) is 23.4 Å². The molecule has 3 atom stereocenters. The number of imide groups is 1. The molecular weight excluding hydrogens is 746 g/mol. The molecule has 18 heteroatoms. The summed E-state index contributed by atoms with van der Waals surface area (Å²) in [7, 11) is 0. The van der Waals surface area contributed by atoms with Crippen molar-refractivity contribution >= 4 is 40.6 Å². The van der Waals surface area contributed by atoms with Crippen LogP contribution in [0.5, 0.6) is 0 Å². The van der Waals surface area contributed by atoms with Crippen LogP contribution < -0.4 is 26.6 Å². The highest BCUT2D eigenvalue weighted by Crippen LogP contribution is 2.38. The predicted octanol–water partition coefficient (Wildman–Crippen LogP) is 4.90. The lowest BCUT2D eigenvalue weighted by Gasteiger charge is -2.37. The van der Waals surface area contributed by atoms with Gasteiger partial charge in [0.25, 0.3) is 5.91 Å². The molecule has 3 aliphatic heterocycles. The molecule has 0 radical (unpaired) electrons. The van der Waals surface area contributed by atoms with E-state index in [1.807, 2.05) is 24.3 Å². The first-order chi connectivity index (χ1) is 27.4. The molecule has 0 spiro atoms. The Morgan fingerprint density at radius 2 is 1.74 bits per heavy atom. The Morgan fingerprint density at radius 1 is 0.982 bits per heavy atom. The Hall–Kier alpha value is -5.10. The molecular formula is C39H47F4N11O3. The van der Waals surface area contributed by atoms with Crippen molar-refractivity contribution in [1.82, 2.24) is 34.6 Å². The maximum atomic E-state index is 14.2. The van der Waals surface area contributed by atoms with Crippen molar-refractivity contribution in [3.63, 3.8) is 0 Å². The predicted molar refractivity (Wildman–Crippen MR) is 204 cm³/mol. The highest BCUT2D eigenvalue weighted by atomic mass is 19.4. The van der Waals surface area contributed by atoms with Gasteiger partial charge in [-0.1, -0.05) is 12.1 Å². The Bertz CT molecular complexity index is 2080. The zero-order valence-corrected chi connectivity index (χ0v) is 31.4. The van der Waals surface area contributed by atoms with Crippen LogP contribution in [0.15, 0.2) is 48.9 Å². The van der Waals surface area contributed by atoms with Crippen LogP contribution in [0.2, 0.25) is 0 Å². The molecule has 8 rings (SSSR count). The Morgan fingerprint density at radius 3 is 2.44 bits per heavy atom. The zero-order valence-electron chi connectivity index (χ0n) is 31.4. The van der Waals surface area contributed by atoms with Gasteiger partial charge >= 0.3 is 6.18 Å². The molecule has 304 valence electrons. The fourth-order valence-electron chi connectivity index (χ4n) is 8.80. The molecule has 3 aromatic heterocycles. The van der Waals surface area contributed by atoms with Crippen LogP contribution in [0.25, 0.3) is 5.65 Å². The van der Waals surface area contributed by atoms with Gasteiger partial charge in [0, 0.05) is 62.8 Å². The third-order valence-electron chi connectivity index (χ3n) is 11.8. The van der Waals surface area contributed by atoms with Gasteiger partial charge in [-0.15, -0.1) is 0 Å². The van der Waals surface area contributed by atoms with Gasteiger partial charge in [0.05, 0.1) is 30.4 Å². The minimum atomic E-state index is -4.80. The van der Waals surface area contributed by atoms with E-state index < -0.39 is 29.6 Å². The smallest absolute Gasteiger partial charge is 0.382 e. The van der Waals surface area contributed by atoms with Crippen LogP contribution >= 0.6 is 0 Å². The molecule has 4 aromatic rings. The van der Waals surface area contributed by atoms with E-state index in [2.05, 4.69) is 36.0 Å². The van der Waals surface area contributed by atoms with E-state index in [1.54, 1.807) is 17.2 Å². The van der Waals surface area contributed by atoms with E-state index in [0.29, 0.717) is 50.0 Å². The highest BCUT2D eigenvalue weighted by Gasteiger charge is 2.39. The number of likely N-dealkylation sites (tertiary alicyclic amines) is 1. The first kappa shape index (κ1) is 38.8. The fourth-order valence-corrected chi connectivity index (χ4v) is 8.80. The normalized spacial score (nSPS) is 25.4. The van der Waals surface area contributed by atoms with Crippen molar-refractivity contribution in [1.29, 1.82) is 0 Å². The molecule has 14 nitrogen and oxygen atoms in total. The molecule has 57 heavy (non-hydrogen) atoms. The Labute approximate surface area is 326 Å². The second-order valence-electron chi connectivity index (χ2n) is 16.0. The lowest BCUT2D eigenvalue weighted by Crippen LogP contribution is -2.48. The van der Waals surface area contributed by atoms with Crippen molar-refractivity contribution < 1.29 is 31.9 Å². The maximum Gasteiger partial charge on any atom is 0.437 e. The third kappa shape index (κ3) is 8.76. The van der Waals surface area contributed by atoms with Gasteiger partial charge in [-0.25, -0.2) is 13.9 Å². The van der Waals surface area contributed by atoms with E-state index in [9.17, 15) is 31.9 Å². The summed E-state index contributed by atoms with van der Waals surface area (Å²) in [5.41, 5.74) is 6.39. The molecule has 3 amide bonds. The molecule has 4 aliphatic rings. The monoisotopic (exact) mass is 793 g/mol. The minimum Gasteiger partial charge on any atom is -0.382 e. The van der Waals surface area contributed by atoms with Crippen molar-refractivity contribution in [3.05, 3.63) is 65.7 Å². The standard InChI is InChI=1S/C39H47F4N11O3/c40-25-17-26(44)21-52(20-25)33-13-16-53-36(48-33)31(18-45-53)38(57)47-32-22-54(50-35(32)39(41,42)43)29-7-1-23(2-8-29)19-51-14-11-28(12-15-51)46-27-5-3-24(4-6-27)30-9-10-34(55)49-37(30)56/h3-6,13,16,18,22-23,25-26,28-30,46H,1-2,7-12,14-15,17,19-21,44H2,(H,47,57)(H,49,55,56)/t23?,25-,26-,29?,30?/m1/s1. The number of fused-ring (bicyclic) bond motifs is 1. The summed E-state index contributed by atoms with van der Waals surface area (Å²) in [5.74, 6) is -0.770. The number of nitrogens with zero attached hydrogens (tertiary/aromatic N) is 7. The number of benzene rings is 1. The lowest BCUT2D eigenvalue weighted by atomic mass is 9.85. The topological polar surface area (TPSA) is 168 Å². The highest BCUT2D eigenvalue weighted by molar-refractivity contribution is 6.08. The third-order valence-corrected chi connectivity index (χ3v) is 11.8. The number of carbonyl (C=O) groups excluding carboxylic acids is 3. The second-order valence-corrected chi connectivity index (χ2v) is 16.0. The lowest BCUT2D eigenvalue weighted by molar-refractivity contribution is -0.141. The van der Waals surface area contributed by atoms with Gasteiger partial charge in [0.1, 0.15) is 17.6 Å². The van der Waals surface area contributed by atoms with Crippen molar-refractivity contribution in [2.45, 2.75) is 94.2 Å². The summed E-state index contributed by atoms with van der Waals surface area (Å²) in [5, 5.41) is 16.5. The minimum absolute atomic E-state index is 0.0307. The fraction of sp³-hybridized carbons (Fsp3) is 0.538. The first-order valence-electron chi connectivity index (χ1n) is 19.8. The van der Waals surface area contributed by atoms with Crippen molar-refractivity contribution in [2.75, 3.05) is 48.3 Å².